The van der Waals surface area contributed by atoms with Gasteiger partial charge in [0.15, 0.2) is 0 Å². The summed E-state index contributed by atoms with van der Waals surface area (Å²) in [5.41, 5.74) is 0.556. The molecule has 1 N–H and O–H groups in total. The van der Waals surface area contributed by atoms with Gasteiger partial charge in [-0.2, -0.15) is 0 Å². The molecule has 0 saturated carbocycles. The van der Waals surface area contributed by atoms with E-state index < -0.39 is 0 Å². The van der Waals surface area contributed by atoms with Gasteiger partial charge in [-0.25, -0.2) is 0 Å². The van der Waals surface area contributed by atoms with Crippen LogP contribution in [0.5, 0.6) is 0 Å². The maximum atomic E-state index is 3.49. The minimum Gasteiger partial charge on any atom is -0.317 e. The highest BCUT2D eigenvalue weighted by molar-refractivity contribution is 4.87. The second kappa shape index (κ2) is 7.61. The van der Waals surface area contributed by atoms with Gasteiger partial charge < -0.3 is 20.0 Å². The van der Waals surface area contributed by atoms with Crippen molar-refractivity contribution in [1.29, 1.82) is 0 Å². The summed E-state index contributed by atoms with van der Waals surface area (Å²) in [6.45, 7) is 15.4. The molecule has 3 aliphatic rings. The van der Waals surface area contributed by atoms with E-state index in [1.807, 2.05) is 0 Å². The zero-order valence-corrected chi connectivity index (χ0v) is 14.8. The number of likely N-dealkylation sites (N-methyl/N-ethyl adjacent to an activating group) is 1. The molecule has 0 radical (unpaired) electrons. The first-order valence-electron chi connectivity index (χ1n) is 9.47. The van der Waals surface area contributed by atoms with Crippen LogP contribution in [0.2, 0.25) is 0 Å². The molecule has 0 amide bonds. The number of hydrogen-bond acceptors (Lipinski definition) is 4. The number of rotatable bonds is 4. The number of likely N-dealkylation sites (tertiary alicyclic amines) is 1. The molecule has 3 aliphatic heterocycles. The van der Waals surface area contributed by atoms with Crippen molar-refractivity contribution in [2.75, 3.05) is 72.5 Å². The van der Waals surface area contributed by atoms with Gasteiger partial charge in [-0.05, 0) is 70.2 Å². The lowest BCUT2D eigenvalue weighted by atomic mass is 9.79. The number of piperidine rings is 2. The summed E-state index contributed by atoms with van der Waals surface area (Å²) in [5.74, 6) is 0.947. The van der Waals surface area contributed by atoms with Crippen LogP contribution in [0.25, 0.3) is 0 Å². The topological polar surface area (TPSA) is 21.8 Å². The molecular weight excluding hydrogens is 272 g/mol. The molecule has 0 aromatic heterocycles. The average Bonchev–Trinajstić information content (AvgIpc) is 2.53. The monoisotopic (exact) mass is 308 g/mol. The van der Waals surface area contributed by atoms with E-state index in [4.69, 9.17) is 0 Å². The van der Waals surface area contributed by atoms with Crippen LogP contribution in [-0.4, -0.2) is 87.2 Å². The van der Waals surface area contributed by atoms with Gasteiger partial charge in [-0.1, -0.05) is 6.92 Å². The number of nitrogens with zero attached hydrogens (tertiary/aromatic N) is 3. The van der Waals surface area contributed by atoms with Crippen molar-refractivity contribution in [2.45, 2.75) is 32.6 Å². The van der Waals surface area contributed by atoms with Crippen LogP contribution in [0.4, 0.5) is 0 Å². The molecular formula is C18H36N4. The van der Waals surface area contributed by atoms with Gasteiger partial charge in [0.1, 0.15) is 0 Å². The van der Waals surface area contributed by atoms with Gasteiger partial charge in [0.2, 0.25) is 0 Å². The van der Waals surface area contributed by atoms with Crippen molar-refractivity contribution < 1.29 is 0 Å². The highest BCUT2D eigenvalue weighted by Gasteiger charge is 2.33. The summed E-state index contributed by atoms with van der Waals surface area (Å²) in [7, 11) is 2.25. The molecule has 3 saturated heterocycles. The SMILES string of the molecule is CN1CCN(CC2(C)CCN(CC3CCNCC3)CC2)CC1. The van der Waals surface area contributed by atoms with Gasteiger partial charge in [0.25, 0.3) is 0 Å². The minimum absolute atomic E-state index is 0.556. The number of piperazine rings is 1. The number of hydrogen-bond donors (Lipinski definition) is 1. The van der Waals surface area contributed by atoms with Gasteiger partial charge in [0.05, 0.1) is 0 Å². The zero-order chi connectivity index (χ0) is 15.4. The Morgan fingerprint density at radius 1 is 0.909 bits per heavy atom. The lowest BCUT2D eigenvalue weighted by Crippen LogP contribution is -2.51. The maximum Gasteiger partial charge on any atom is 0.0110 e. The predicted molar refractivity (Wildman–Crippen MR) is 93.3 cm³/mol. The van der Waals surface area contributed by atoms with Crippen LogP contribution in [-0.2, 0) is 0 Å². The molecule has 128 valence electrons. The van der Waals surface area contributed by atoms with Gasteiger partial charge in [-0.15, -0.1) is 0 Å². The van der Waals surface area contributed by atoms with Crippen molar-refractivity contribution >= 4 is 0 Å². The average molecular weight is 309 g/mol. The van der Waals surface area contributed by atoms with Crippen LogP contribution >= 0.6 is 0 Å². The highest BCUT2D eigenvalue weighted by Crippen LogP contribution is 2.32. The molecule has 3 fully saturated rings. The molecule has 3 heterocycles. The second-order valence-corrected chi connectivity index (χ2v) is 8.38. The number of nitrogens with one attached hydrogen (secondary N) is 1. The highest BCUT2D eigenvalue weighted by atomic mass is 15.2. The summed E-state index contributed by atoms with van der Waals surface area (Å²) >= 11 is 0. The van der Waals surface area contributed by atoms with Crippen molar-refractivity contribution in [2.24, 2.45) is 11.3 Å². The first-order chi connectivity index (χ1) is 10.6. The molecule has 0 unspecified atom stereocenters. The molecule has 4 nitrogen and oxygen atoms in total. The molecule has 0 spiro atoms. The van der Waals surface area contributed by atoms with Crippen molar-refractivity contribution in [1.82, 2.24) is 20.0 Å². The Morgan fingerprint density at radius 2 is 1.55 bits per heavy atom. The Bertz CT molecular complexity index is 324. The fourth-order valence-electron chi connectivity index (χ4n) is 4.41. The van der Waals surface area contributed by atoms with E-state index in [0.29, 0.717) is 5.41 Å². The van der Waals surface area contributed by atoms with E-state index in [1.165, 1.54) is 91.1 Å². The smallest absolute Gasteiger partial charge is 0.0110 e. The molecule has 0 atom stereocenters. The summed E-state index contributed by atoms with van der Waals surface area (Å²) < 4.78 is 0. The van der Waals surface area contributed by atoms with Crippen LogP contribution in [0.1, 0.15) is 32.6 Å². The minimum atomic E-state index is 0.556. The zero-order valence-electron chi connectivity index (χ0n) is 14.8. The Balaban J connectivity index is 1.40. The quantitative estimate of drug-likeness (QED) is 0.846. The fourth-order valence-corrected chi connectivity index (χ4v) is 4.41. The molecule has 3 rings (SSSR count). The van der Waals surface area contributed by atoms with Crippen molar-refractivity contribution in [3.8, 4) is 0 Å². The van der Waals surface area contributed by atoms with Crippen molar-refractivity contribution in [3.63, 3.8) is 0 Å². The lowest BCUT2D eigenvalue weighted by Gasteiger charge is -2.44. The van der Waals surface area contributed by atoms with Gasteiger partial charge in [0, 0.05) is 39.3 Å². The second-order valence-electron chi connectivity index (χ2n) is 8.38. The van der Waals surface area contributed by atoms with E-state index in [-0.39, 0.29) is 0 Å². The molecule has 4 heteroatoms. The van der Waals surface area contributed by atoms with Crippen LogP contribution in [0.15, 0.2) is 0 Å². The predicted octanol–water partition coefficient (Wildman–Crippen LogP) is 1.34. The van der Waals surface area contributed by atoms with Crippen LogP contribution in [0, 0.1) is 11.3 Å². The van der Waals surface area contributed by atoms with E-state index in [1.54, 1.807) is 0 Å². The van der Waals surface area contributed by atoms with E-state index in [9.17, 15) is 0 Å². The molecule has 0 aromatic rings. The Labute approximate surface area is 137 Å². The molecule has 0 aromatic carbocycles. The Kier molecular flexibility index (Phi) is 5.77. The summed E-state index contributed by atoms with van der Waals surface area (Å²) in [6, 6.07) is 0. The third-order valence-electron chi connectivity index (χ3n) is 6.24. The maximum absolute atomic E-state index is 3.49. The molecule has 0 aliphatic carbocycles. The third-order valence-corrected chi connectivity index (χ3v) is 6.24. The van der Waals surface area contributed by atoms with E-state index >= 15 is 0 Å². The molecule has 22 heavy (non-hydrogen) atoms. The lowest BCUT2D eigenvalue weighted by molar-refractivity contribution is 0.0474. The molecule has 0 bridgehead atoms. The van der Waals surface area contributed by atoms with Gasteiger partial charge in [-0.3, -0.25) is 0 Å². The van der Waals surface area contributed by atoms with E-state index in [2.05, 4.69) is 34.0 Å². The summed E-state index contributed by atoms with van der Waals surface area (Å²) in [6.07, 6.45) is 5.55. The Morgan fingerprint density at radius 3 is 2.18 bits per heavy atom. The first-order valence-corrected chi connectivity index (χ1v) is 9.47. The van der Waals surface area contributed by atoms with Crippen LogP contribution < -0.4 is 5.32 Å². The van der Waals surface area contributed by atoms with Gasteiger partial charge >= 0.3 is 0 Å². The largest absolute Gasteiger partial charge is 0.317 e. The normalized spacial score (nSPS) is 29.7. The van der Waals surface area contributed by atoms with E-state index in [0.717, 1.165) is 5.92 Å². The first kappa shape index (κ1) is 16.7. The van der Waals surface area contributed by atoms with Crippen LogP contribution in [0.3, 0.4) is 0 Å². The standard InChI is InChI=1S/C18H36N4/c1-18(16-22-13-11-20(2)12-14-22)5-9-21(10-6-18)15-17-3-7-19-8-4-17/h17,19H,3-16H2,1-2H3. The van der Waals surface area contributed by atoms with Crippen molar-refractivity contribution in [3.05, 3.63) is 0 Å². The fraction of sp³-hybridized carbons (Fsp3) is 1.00. The Hall–Kier alpha value is -0.160. The summed E-state index contributed by atoms with van der Waals surface area (Å²) in [4.78, 5) is 7.92. The summed E-state index contributed by atoms with van der Waals surface area (Å²) in [5, 5.41) is 3.49. The third kappa shape index (κ3) is 4.67.